The minimum atomic E-state index is -0.547. The third-order valence-corrected chi connectivity index (χ3v) is 4.55. The summed E-state index contributed by atoms with van der Waals surface area (Å²) in [5, 5.41) is 8.89. The zero-order valence-electron chi connectivity index (χ0n) is 15.0. The van der Waals surface area contributed by atoms with E-state index >= 15 is 0 Å². The zero-order chi connectivity index (χ0) is 19.6. The van der Waals surface area contributed by atoms with E-state index in [-0.39, 0.29) is 29.8 Å². The first-order valence-electron chi connectivity index (χ1n) is 8.39. The predicted octanol–water partition coefficient (Wildman–Crippen LogP) is 2.58. The van der Waals surface area contributed by atoms with Gasteiger partial charge in [0, 0.05) is 18.3 Å². The topological polar surface area (TPSA) is 73.6 Å². The molecule has 7 heteroatoms. The van der Waals surface area contributed by atoms with Gasteiger partial charge in [-0.1, -0.05) is 0 Å². The van der Waals surface area contributed by atoms with Gasteiger partial charge in [-0.3, -0.25) is 9.59 Å². The average Bonchev–Trinajstić information content (AvgIpc) is 2.69. The Kier molecular flexibility index (Phi) is 5.08. The molecule has 2 aromatic carbocycles. The fraction of sp³-hybridized carbons (Fsp3) is 0.250. The molecule has 1 heterocycles. The fourth-order valence-electron chi connectivity index (χ4n) is 3.09. The Morgan fingerprint density at radius 3 is 2.59 bits per heavy atom. The molecule has 1 saturated heterocycles. The smallest absolute Gasteiger partial charge is 0.258 e. The number of anilines is 1. The normalized spacial score (nSPS) is 16.8. The van der Waals surface area contributed by atoms with E-state index in [0.29, 0.717) is 17.8 Å². The number of methoxy groups -OCH3 is 1. The van der Waals surface area contributed by atoms with Crippen molar-refractivity contribution in [3.05, 3.63) is 59.4 Å². The molecule has 1 aliphatic rings. The SMILES string of the molecule is COc1ccc(F)cc1C(=O)N1CC(=O)N(c2ccc(C#N)cc2)C[C@@H]1C. The van der Waals surface area contributed by atoms with E-state index in [1.165, 1.54) is 24.1 Å². The maximum absolute atomic E-state index is 13.6. The van der Waals surface area contributed by atoms with Gasteiger partial charge in [-0.25, -0.2) is 4.39 Å². The van der Waals surface area contributed by atoms with Gasteiger partial charge >= 0.3 is 0 Å². The minimum absolute atomic E-state index is 0.0870. The van der Waals surface area contributed by atoms with Crippen LogP contribution in [0.1, 0.15) is 22.8 Å². The lowest BCUT2D eigenvalue weighted by Crippen LogP contribution is -2.57. The molecular weight excluding hydrogens is 349 g/mol. The Hall–Kier alpha value is -3.40. The largest absolute Gasteiger partial charge is 0.496 e. The molecule has 0 aliphatic carbocycles. The second-order valence-corrected chi connectivity index (χ2v) is 6.29. The van der Waals surface area contributed by atoms with E-state index in [9.17, 15) is 14.0 Å². The number of benzene rings is 2. The van der Waals surface area contributed by atoms with Crippen molar-refractivity contribution in [3.8, 4) is 11.8 Å². The number of nitriles is 1. The summed E-state index contributed by atoms with van der Waals surface area (Å²) in [4.78, 5) is 28.5. The summed E-state index contributed by atoms with van der Waals surface area (Å²) in [5.41, 5.74) is 1.26. The van der Waals surface area contributed by atoms with Gasteiger partial charge in [0.05, 0.1) is 24.3 Å². The van der Waals surface area contributed by atoms with Crippen LogP contribution in [0.25, 0.3) is 0 Å². The molecule has 0 bridgehead atoms. The van der Waals surface area contributed by atoms with Gasteiger partial charge in [-0.15, -0.1) is 0 Å². The molecular formula is C20H18FN3O3. The van der Waals surface area contributed by atoms with E-state index in [1.807, 2.05) is 13.0 Å². The Bertz CT molecular complexity index is 921. The summed E-state index contributed by atoms with van der Waals surface area (Å²) in [7, 11) is 1.40. The van der Waals surface area contributed by atoms with Gasteiger partial charge in [0.25, 0.3) is 5.91 Å². The summed E-state index contributed by atoms with van der Waals surface area (Å²) >= 11 is 0. The van der Waals surface area contributed by atoms with Crippen molar-refractivity contribution in [3.63, 3.8) is 0 Å². The van der Waals surface area contributed by atoms with Crippen LogP contribution >= 0.6 is 0 Å². The van der Waals surface area contributed by atoms with Gasteiger partial charge in [0.2, 0.25) is 5.91 Å². The molecule has 3 rings (SSSR count). The first-order valence-corrected chi connectivity index (χ1v) is 8.39. The zero-order valence-corrected chi connectivity index (χ0v) is 15.0. The lowest BCUT2D eigenvalue weighted by Gasteiger charge is -2.39. The number of amides is 2. The molecule has 0 N–H and O–H groups in total. The molecule has 1 aliphatic heterocycles. The van der Waals surface area contributed by atoms with E-state index in [1.54, 1.807) is 29.2 Å². The Balaban J connectivity index is 1.83. The van der Waals surface area contributed by atoms with Crippen molar-refractivity contribution in [2.75, 3.05) is 25.1 Å². The molecule has 2 aromatic rings. The maximum atomic E-state index is 13.6. The highest BCUT2D eigenvalue weighted by Crippen LogP contribution is 2.25. The van der Waals surface area contributed by atoms with Crippen molar-refractivity contribution in [1.82, 2.24) is 4.90 Å². The number of halogens is 1. The number of hydrogen-bond donors (Lipinski definition) is 0. The molecule has 0 aromatic heterocycles. The Labute approximate surface area is 156 Å². The highest BCUT2D eigenvalue weighted by molar-refractivity contribution is 6.03. The quantitative estimate of drug-likeness (QED) is 0.836. The van der Waals surface area contributed by atoms with Crippen LogP contribution in [-0.2, 0) is 4.79 Å². The molecule has 1 atom stereocenters. The molecule has 0 saturated carbocycles. The second kappa shape index (κ2) is 7.46. The van der Waals surface area contributed by atoms with Gasteiger partial charge in [0.1, 0.15) is 18.1 Å². The number of piperazine rings is 1. The number of rotatable bonds is 3. The van der Waals surface area contributed by atoms with Crippen molar-refractivity contribution in [1.29, 1.82) is 5.26 Å². The number of carbonyl (C=O) groups is 2. The summed E-state index contributed by atoms with van der Waals surface area (Å²) < 4.78 is 18.8. The molecule has 0 spiro atoms. The fourth-order valence-corrected chi connectivity index (χ4v) is 3.09. The van der Waals surface area contributed by atoms with Crippen LogP contribution in [0.3, 0.4) is 0 Å². The van der Waals surface area contributed by atoms with Crippen LogP contribution in [0.4, 0.5) is 10.1 Å². The third-order valence-electron chi connectivity index (χ3n) is 4.55. The minimum Gasteiger partial charge on any atom is -0.496 e. The van der Waals surface area contributed by atoms with Crippen LogP contribution < -0.4 is 9.64 Å². The Morgan fingerprint density at radius 1 is 1.26 bits per heavy atom. The van der Waals surface area contributed by atoms with E-state index in [0.717, 1.165) is 6.07 Å². The number of nitrogens with zero attached hydrogens (tertiary/aromatic N) is 3. The lowest BCUT2D eigenvalue weighted by molar-refractivity contribution is -0.121. The predicted molar refractivity (Wildman–Crippen MR) is 97.0 cm³/mol. The molecule has 1 fully saturated rings. The van der Waals surface area contributed by atoms with Gasteiger partial charge in [-0.05, 0) is 49.4 Å². The summed E-state index contributed by atoms with van der Waals surface area (Å²) in [6, 6.07) is 12.2. The lowest BCUT2D eigenvalue weighted by atomic mass is 10.1. The number of hydrogen-bond acceptors (Lipinski definition) is 4. The third kappa shape index (κ3) is 3.60. The Morgan fingerprint density at radius 2 is 1.96 bits per heavy atom. The van der Waals surface area contributed by atoms with Crippen molar-refractivity contribution >= 4 is 17.5 Å². The molecule has 0 unspecified atom stereocenters. The summed E-state index contributed by atoms with van der Waals surface area (Å²) in [6.45, 7) is 2.00. The van der Waals surface area contributed by atoms with Crippen LogP contribution in [0.5, 0.6) is 5.75 Å². The molecule has 6 nitrogen and oxygen atoms in total. The van der Waals surface area contributed by atoms with Crippen molar-refractivity contribution in [2.24, 2.45) is 0 Å². The van der Waals surface area contributed by atoms with Crippen molar-refractivity contribution < 1.29 is 18.7 Å². The van der Waals surface area contributed by atoms with Gasteiger partial charge < -0.3 is 14.5 Å². The van der Waals surface area contributed by atoms with Gasteiger partial charge in [-0.2, -0.15) is 5.26 Å². The number of ether oxygens (including phenoxy) is 1. The van der Waals surface area contributed by atoms with E-state index < -0.39 is 11.7 Å². The highest BCUT2D eigenvalue weighted by Gasteiger charge is 2.34. The molecule has 0 radical (unpaired) electrons. The summed E-state index contributed by atoms with van der Waals surface area (Å²) in [5.74, 6) is -0.988. The molecule has 138 valence electrons. The standard InChI is InChI=1S/C20H18FN3O3/c1-13-11-24(16-6-3-14(10-22)4-7-16)19(25)12-23(13)20(26)17-9-15(21)5-8-18(17)27-2/h3-9,13H,11-12H2,1-2H3/t13-/m0/s1. The number of carbonyl (C=O) groups excluding carboxylic acids is 2. The van der Waals surface area contributed by atoms with Crippen LogP contribution in [-0.4, -0.2) is 43.0 Å². The van der Waals surface area contributed by atoms with Crippen LogP contribution in [0.15, 0.2) is 42.5 Å². The maximum Gasteiger partial charge on any atom is 0.258 e. The highest BCUT2D eigenvalue weighted by atomic mass is 19.1. The first kappa shape index (κ1) is 18.4. The molecule has 27 heavy (non-hydrogen) atoms. The second-order valence-electron chi connectivity index (χ2n) is 6.29. The van der Waals surface area contributed by atoms with E-state index in [4.69, 9.17) is 10.00 Å². The first-order chi connectivity index (χ1) is 12.9. The summed E-state index contributed by atoms with van der Waals surface area (Å²) in [6.07, 6.45) is 0. The monoisotopic (exact) mass is 367 g/mol. The molecule has 2 amide bonds. The average molecular weight is 367 g/mol. The van der Waals surface area contributed by atoms with Crippen molar-refractivity contribution in [2.45, 2.75) is 13.0 Å². The van der Waals surface area contributed by atoms with Crippen LogP contribution in [0.2, 0.25) is 0 Å². The van der Waals surface area contributed by atoms with Gasteiger partial charge in [0.15, 0.2) is 0 Å². The van der Waals surface area contributed by atoms with E-state index in [2.05, 4.69) is 0 Å². The van der Waals surface area contributed by atoms with Crippen LogP contribution in [0, 0.1) is 17.1 Å².